The molecule has 2 amide bonds. The van der Waals surface area contributed by atoms with Crippen molar-refractivity contribution < 1.29 is 18.8 Å². The molecule has 1 aromatic heterocycles. The van der Waals surface area contributed by atoms with Crippen LogP contribution >= 0.6 is 0 Å². The lowest BCUT2D eigenvalue weighted by Gasteiger charge is -2.36. The van der Waals surface area contributed by atoms with Crippen LogP contribution in [-0.2, 0) is 19.7 Å². The highest BCUT2D eigenvalue weighted by molar-refractivity contribution is 5.96. The zero-order valence-electron chi connectivity index (χ0n) is 16.5. The molecule has 0 saturated carbocycles. The number of carbonyl (C=O) groups is 2. The fourth-order valence-corrected chi connectivity index (χ4v) is 3.44. The fraction of sp³-hybridized carbons (Fsp3) is 0.737. The molecule has 0 bridgehead atoms. The molecule has 8 nitrogen and oxygen atoms in total. The van der Waals surface area contributed by atoms with E-state index in [1.807, 2.05) is 20.8 Å². The Kier molecular flexibility index (Phi) is 6.16. The van der Waals surface area contributed by atoms with Crippen LogP contribution in [0, 0.1) is 0 Å². The predicted molar refractivity (Wildman–Crippen MR) is 100 cm³/mol. The summed E-state index contributed by atoms with van der Waals surface area (Å²) in [5, 5.41) is 6.77. The number of aromatic nitrogens is 1. The van der Waals surface area contributed by atoms with E-state index in [4.69, 9.17) is 9.26 Å². The van der Waals surface area contributed by atoms with Gasteiger partial charge in [0.2, 0.25) is 11.8 Å². The van der Waals surface area contributed by atoms with Crippen molar-refractivity contribution in [2.75, 3.05) is 44.7 Å². The summed E-state index contributed by atoms with van der Waals surface area (Å²) in [6, 6.07) is 1.29. The summed E-state index contributed by atoms with van der Waals surface area (Å²) < 4.78 is 10.7. The third kappa shape index (κ3) is 5.07. The first kappa shape index (κ1) is 19.8. The Labute approximate surface area is 160 Å². The molecule has 1 unspecified atom stereocenters. The molecule has 0 radical (unpaired) electrons. The summed E-state index contributed by atoms with van der Waals surface area (Å²) in [5.41, 5.74) is -0.180. The zero-order chi connectivity index (χ0) is 19.4. The lowest BCUT2D eigenvalue weighted by atomic mass is 9.93. The maximum atomic E-state index is 12.8. The van der Waals surface area contributed by atoms with Gasteiger partial charge < -0.3 is 19.5 Å². The van der Waals surface area contributed by atoms with E-state index in [9.17, 15) is 9.59 Å². The molecule has 1 N–H and O–H groups in total. The molecule has 150 valence electrons. The number of nitrogens with one attached hydrogen (secondary N) is 1. The standard InChI is InChI=1S/C19H30N4O4/c1-19(2,3)15-12-16(21-27-15)20-18(25)14-6-4-5-7-23(14)17(24)13-22-8-10-26-11-9-22/h12,14H,4-11,13H2,1-3H3,(H,20,21,25). The van der Waals surface area contributed by atoms with Gasteiger partial charge in [0.15, 0.2) is 5.82 Å². The minimum Gasteiger partial charge on any atom is -0.379 e. The van der Waals surface area contributed by atoms with Crippen LogP contribution in [0.1, 0.15) is 45.8 Å². The van der Waals surface area contributed by atoms with Gasteiger partial charge in [-0.1, -0.05) is 25.9 Å². The smallest absolute Gasteiger partial charge is 0.248 e. The molecule has 0 aliphatic carbocycles. The van der Waals surface area contributed by atoms with Crippen molar-refractivity contribution in [1.82, 2.24) is 15.0 Å². The minimum atomic E-state index is -0.456. The molecule has 1 aromatic rings. The molecule has 2 fully saturated rings. The molecule has 3 rings (SSSR count). The first-order chi connectivity index (χ1) is 12.8. The van der Waals surface area contributed by atoms with Crippen LogP contribution in [0.3, 0.4) is 0 Å². The van der Waals surface area contributed by atoms with Crippen LogP contribution in [0.5, 0.6) is 0 Å². The highest BCUT2D eigenvalue weighted by Crippen LogP contribution is 2.25. The second kappa shape index (κ2) is 8.39. The van der Waals surface area contributed by atoms with Crippen molar-refractivity contribution in [3.05, 3.63) is 11.8 Å². The van der Waals surface area contributed by atoms with Crippen molar-refractivity contribution in [3.63, 3.8) is 0 Å². The number of hydrogen-bond acceptors (Lipinski definition) is 6. The Morgan fingerprint density at radius 1 is 1.22 bits per heavy atom. The van der Waals surface area contributed by atoms with Gasteiger partial charge in [-0.05, 0) is 19.3 Å². The number of morpholine rings is 1. The normalized spacial score (nSPS) is 21.9. The quantitative estimate of drug-likeness (QED) is 0.857. The van der Waals surface area contributed by atoms with Gasteiger partial charge in [0.1, 0.15) is 11.8 Å². The Bertz CT molecular complexity index is 661. The van der Waals surface area contributed by atoms with Crippen molar-refractivity contribution in [2.45, 2.75) is 51.5 Å². The molecule has 2 aliphatic heterocycles. The Balaban J connectivity index is 1.62. The number of nitrogens with zero attached hydrogens (tertiary/aromatic N) is 3. The molecule has 3 heterocycles. The average Bonchev–Trinajstić information content (AvgIpc) is 3.11. The second-order valence-electron chi connectivity index (χ2n) is 8.30. The van der Waals surface area contributed by atoms with Crippen molar-refractivity contribution in [2.24, 2.45) is 0 Å². The van der Waals surface area contributed by atoms with Gasteiger partial charge in [0.05, 0.1) is 19.8 Å². The molecule has 1 atom stereocenters. The average molecular weight is 378 g/mol. The maximum absolute atomic E-state index is 12.8. The number of hydrogen-bond donors (Lipinski definition) is 1. The molecule has 2 saturated heterocycles. The maximum Gasteiger partial charge on any atom is 0.248 e. The van der Waals surface area contributed by atoms with E-state index < -0.39 is 6.04 Å². The third-order valence-corrected chi connectivity index (χ3v) is 5.09. The van der Waals surface area contributed by atoms with Gasteiger partial charge >= 0.3 is 0 Å². The highest BCUT2D eigenvalue weighted by atomic mass is 16.5. The number of rotatable bonds is 4. The van der Waals surface area contributed by atoms with Crippen molar-refractivity contribution >= 4 is 17.6 Å². The second-order valence-corrected chi connectivity index (χ2v) is 8.30. The van der Waals surface area contributed by atoms with E-state index >= 15 is 0 Å². The van der Waals surface area contributed by atoms with Crippen molar-refractivity contribution in [3.8, 4) is 0 Å². The Morgan fingerprint density at radius 3 is 2.63 bits per heavy atom. The first-order valence-electron chi connectivity index (χ1n) is 9.72. The number of likely N-dealkylation sites (tertiary alicyclic amines) is 1. The van der Waals surface area contributed by atoms with Crippen LogP contribution in [0.2, 0.25) is 0 Å². The zero-order valence-corrected chi connectivity index (χ0v) is 16.5. The predicted octanol–water partition coefficient (Wildman–Crippen LogP) is 1.62. The van der Waals surface area contributed by atoms with Crippen molar-refractivity contribution in [1.29, 1.82) is 0 Å². The fourth-order valence-electron chi connectivity index (χ4n) is 3.44. The summed E-state index contributed by atoms with van der Waals surface area (Å²) in [6.45, 7) is 9.83. The molecular weight excluding hydrogens is 348 g/mol. The Hall–Kier alpha value is -1.93. The summed E-state index contributed by atoms with van der Waals surface area (Å²) in [6.07, 6.45) is 2.53. The van der Waals surface area contributed by atoms with Crippen LogP contribution < -0.4 is 5.32 Å². The van der Waals surface area contributed by atoms with E-state index in [0.29, 0.717) is 44.3 Å². The highest BCUT2D eigenvalue weighted by Gasteiger charge is 2.33. The third-order valence-electron chi connectivity index (χ3n) is 5.09. The summed E-state index contributed by atoms with van der Waals surface area (Å²) in [5.74, 6) is 0.920. The van der Waals surface area contributed by atoms with Gasteiger partial charge in [-0.2, -0.15) is 0 Å². The summed E-state index contributed by atoms with van der Waals surface area (Å²) in [7, 11) is 0. The number of ether oxygens (including phenoxy) is 1. The number of piperidine rings is 1. The topological polar surface area (TPSA) is 87.9 Å². The van der Waals surface area contributed by atoms with E-state index in [0.717, 1.165) is 25.9 Å². The van der Waals surface area contributed by atoms with Crippen LogP contribution in [0.25, 0.3) is 0 Å². The van der Waals surface area contributed by atoms with E-state index in [1.54, 1.807) is 11.0 Å². The van der Waals surface area contributed by atoms with Gasteiger partial charge in [0.25, 0.3) is 0 Å². The SMILES string of the molecule is CC(C)(C)c1cc(NC(=O)C2CCCCN2C(=O)CN2CCOCC2)no1. The molecule has 2 aliphatic rings. The van der Waals surface area contributed by atoms with Gasteiger partial charge in [-0.15, -0.1) is 0 Å². The number of anilines is 1. The number of carbonyl (C=O) groups excluding carboxylic acids is 2. The van der Waals surface area contributed by atoms with Crippen LogP contribution in [0.4, 0.5) is 5.82 Å². The largest absolute Gasteiger partial charge is 0.379 e. The van der Waals surface area contributed by atoms with E-state index in [2.05, 4.69) is 15.4 Å². The van der Waals surface area contributed by atoms with E-state index in [1.165, 1.54) is 0 Å². The minimum absolute atomic E-state index is 0.00674. The molecule has 27 heavy (non-hydrogen) atoms. The summed E-state index contributed by atoms with van der Waals surface area (Å²) in [4.78, 5) is 29.4. The Morgan fingerprint density at radius 2 is 1.96 bits per heavy atom. The molecule has 8 heteroatoms. The molecule has 0 spiro atoms. The monoisotopic (exact) mass is 378 g/mol. The lowest BCUT2D eigenvalue weighted by Crippen LogP contribution is -2.53. The number of amides is 2. The van der Waals surface area contributed by atoms with Gasteiger partial charge in [0, 0.05) is 31.1 Å². The van der Waals surface area contributed by atoms with Gasteiger partial charge in [-0.25, -0.2) is 0 Å². The van der Waals surface area contributed by atoms with Gasteiger partial charge in [-0.3, -0.25) is 14.5 Å². The molecular formula is C19H30N4O4. The first-order valence-corrected chi connectivity index (χ1v) is 9.72. The lowest BCUT2D eigenvalue weighted by molar-refractivity contribution is -0.142. The van der Waals surface area contributed by atoms with Crippen LogP contribution in [-0.4, -0.2) is 72.2 Å². The summed E-state index contributed by atoms with van der Waals surface area (Å²) >= 11 is 0. The van der Waals surface area contributed by atoms with E-state index in [-0.39, 0.29) is 17.2 Å². The molecule has 0 aromatic carbocycles. The van der Waals surface area contributed by atoms with Crippen LogP contribution in [0.15, 0.2) is 10.6 Å².